The lowest BCUT2D eigenvalue weighted by atomic mass is 9.99. The highest BCUT2D eigenvalue weighted by atomic mass is 35.5. The molecule has 0 radical (unpaired) electrons. The van der Waals surface area contributed by atoms with Crippen molar-refractivity contribution in [3.8, 4) is 0 Å². The molecule has 1 N–H and O–H groups in total. The lowest BCUT2D eigenvalue weighted by Gasteiger charge is -2.35. The molecule has 5 heteroatoms. The second kappa shape index (κ2) is 8.34. The molecule has 25 heavy (non-hydrogen) atoms. The summed E-state index contributed by atoms with van der Waals surface area (Å²) in [5.41, 5.74) is 2.49. The quantitative estimate of drug-likeness (QED) is 0.839. The first kappa shape index (κ1) is 17.7. The lowest BCUT2D eigenvalue weighted by molar-refractivity contribution is 0.0607. The van der Waals surface area contributed by atoms with E-state index in [1.807, 2.05) is 35.2 Å². The third-order valence-corrected chi connectivity index (χ3v) is 5.15. The summed E-state index contributed by atoms with van der Waals surface area (Å²) in [6.45, 7) is 3.59. The number of hydrogen-bond acceptors (Lipinski definition) is 3. The summed E-state index contributed by atoms with van der Waals surface area (Å²) >= 11 is 6.19. The van der Waals surface area contributed by atoms with Gasteiger partial charge in [-0.05, 0) is 43.4 Å². The predicted molar refractivity (Wildman–Crippen MR) is 102 cm³/mol. The molecular weight excluding hydrogens is 334 g/mol. The number of likely N-dealkylation sites (tertiary alicyclic amines) is 1. The maximum atomic E-state index is 12.9. The number of rotatable bonds is 5. The maximum Gasteiger partial charge on any atom is 0.255 e. The molecule has 4 nitrogen and oxygen atoms in total. The van der Waals surface area contributed by atoms with E-state index >= 15 is 0 Å². The van der Waals surface area contributed by atoms with Crippen molar-refractivity contribution in [1.82, 2.24) is 9.88 Å². The van der Waals surface area contributed by atoms with Gasteiger partial charge >= 0.3 is 0 Å². The van der Waals surface area contributed by atoms with E-state index in [0.717, 1.165) is 42.1 Å². The van der Waals surface area contributed by atoms with Crippen molar-refractivity contribution in [2.24, 2.45) is 0 Å². The van der Waals surface area contributed by atoms with Crippen molar-refractivity contribution in [2.45, 2.75) is 45.2 Å². The molecule has 0 bridgehead atoms. The van der Waals surface area contributed by atoms with E-state index < -0.39 is 0 Å². The van der Waals surface area contributed by atoms with Crippen LogP contribution in [0.1, 0.15) is 48.5 Å². The van der Waals surface area contributed by atoms with Crippen molar-refractivity contribution in [3.05, 3.63) is 58.9 Å². The zero-order chi connectivity index (χ0) is 17.6. The zero-order valence-corrected chi connectivity index (χ0v) is 15.3. The Morgan fingerprint density at radius 1 is 1.32 bits per heavy atom. The van der Waals surface area contributed by atoms with E-state index in [4.69, 9.17) is 11.6 Å². The number of aromatic nitrogens is 1. The minimum Gasteiger partial charge on any atom is -0.380 e. The Kier molecular flexibility index (Phi) is 5.92. The summed E-state index contributed by atoms with van der Waals surface area (Å²) in [4.78, 5) is 19.1. The fourth-order valence-corrected chi connectivity index (χ4v) is 3.55. The number of halogens is 1. The monoisotopic (exact) mass is 357 g/mol. The van der Waals surface area contributed by atoms with Gasteiger partial charge in [0.15, 0.2) is 0 Å². The molecule has 1 atom stereocenters. The Hall–Kier alpha value is -2.07. The Bertz CT molecular complexity index is 734. The Labute approximate surface area is 154 Å². The normalized spacial score (nSPS) is 17.4. The predicted octanol–water partition coefficient (Wildman–Crippen LogP) is 4.75. The number of carbonyl (C=O) groups is 1. The van der Waals surface area contributed by atoms with Gasteiger partial charge in [-0.2, -0.15) is 0 Å². The standard InChI is InChI=1S/C20H24ClN3O/c1-2-18-8-5-6-10-24(18)20(25)16-11-17(14-22-12-16)23-13-15-7-3-4-9-19(15)21/h3-4,7,9,11-12,14,18,23H,2,5-6,8,10,13H2,1H3. The van der Waals surface area contributed by atoms with Crippen molar-refractivity contribution in [2.75, 3.05) is 11.9 Å². The molecule has 1 amide bonds. The van der Waals surface area contributed by atoms with E-state index in [1.165, 1.54) is 6.42 Å². The van der Waals surface area contributed by atoms with Crippen LogP contribution in [0, 0.1) is 0 Å². The molecule has 0 spiro atoms. The highest BCUT2D eigenvalue weighted by molar-refractivity contribution is 6.31. The molecule has 1 aromatic heterocycles. The first-order valence-electron chi connectivity index (χ1n) is 8.92. The third kappa shape index (κ3) is 4.31. The molecule has 132 valence electrons. The van der Waals surface area contributed by atoms with Crippen LogP contribution in [0.25, 0.3) is 0 Å². The molecule has 2 heterocycles. The van der Waals surface area contributed by atoms with Crippen molar-refractivity contribution in [1.29, 1.82) is 0 Å². The molecule has 3 rings (SSSR count). The van der Waals surface area contributed by atoms with Gasteiger partial charge < -0.3 is 10.2 Å². The average Bonchev–Trinajstić information content (AvgIpc) is 2.67. The van der Waals surface area contributed by atoms with Crippen LogP contribution < -0.4 is 5.32 Å². The van der Waals surface area contributed by atoms with Crippen LogP contribution in [0.5, 0.6) is 0 Å². The Balaban J connectivity index is 1.70. The molecule has 1 aromatic carbocycles. The first-order valence-corrected chi connectivity index (χ1v) is 9.30. The number of carbonyl (C=O) groups excluding carboxylic acids is 1. The minimum absolute atomic E-state index is 0.0837. The smallest absolute Gasteiger partial charge is 0.255 e. The number of nitrogens with zero attached hydrogens (tertiary/aromatic N) is 2. The van der Waals surface area contributed by atoms with E-state index in [0.29, 0.717) is 18.2 Å². The molecule has 1 fully saturated rings. The molecule has 1 aliphatic heterocycles. The van der Waals surface area contributed by atoms with Crippen molar-refractivity contribution < 1.29 is 4.79 Å². The maximum absolute atomic E-state index is 12.9. The third-order valence-electron chi connectivity index (χ3n) is 4.79. The Morgan fingerprint density at radius 3 is 2.96 bits per heavy atom. The Morgan fingerprint density at radius 2 is 2.16 bits per heavy atom. The minimum atomic E-state index is 0.0837. The lowest BCUT2D eigenvalue weighted by Crippen LogP contribution is -2.43. The number of nitrogens with one attached hydrogen (secondary N) is 1. The topological polar surface area (TPSA) is 45.2 Å². The zero-order valence-electron chi connectivity index (χ0n) is 14.5. The summed E-state index contributed by atoms with van der Waals surface area (Å²) in [5, 5.41) is 4.04. The number of hydrogen-bond donors (Lipinski definition) is 1. The van der Waals surface area contributed by atoms with Crippen molar-refractivity contribution in [3.63, 3.8) is 0 Å². The van der Waals surface area contributed by atoms with Gasteiger partial charge in [0.2, 0.25) is 0 Å². The first-order chi connectivity index (χ1) is 12.2. The number of benzene rings is 1. The fourth-order valence-electron chi connectivity index (χ4n) is 3.35. The van der Waals surface area contributed by atoms with Crippen LogP contribution in [-0.4, -0.2) is 28.4 Å². The van der Waals surface area contributed by atoms with Crippen LogP contribution in [0.15, 0.2) is 42.7 Å². The summed E-state index contributed by atoms with van der Waals surface area (Å²) in [5.74, 6) is 0.0837. The van der Waals surface area contributed by atoms with Gasteiger partial charge in [-0.3, -0.25) is 9.78 Å². The van der Waals surface area contributed by atoms with E-state index in [-0.39, 0.29) is 5.91 Å². The second-order valence-corrected chi connectivity index (χ2v) is 6.87. The van der Waals surface area contributed by atoms with Gasteiger partial charge in [-0.25, -0.2) is 0 Å². The highest BCUT2D eigenvalue weighted by Crippen LogP contribution is 2.23. The fraction of sp³-hybridized carbons (Fsp3) is 0.400. The average molecular weight is 358 g/mol. The van der Waals surface area contributed by atoms with Gasteiger partial charge in [0.1, 0.15) is 0 Å². The SMILES string of the molecule is CCC1CCCCN1C(=O)c1cncc(NCc2ccccc2Cl)c1. The van der Waals surface area contributed by atoms with Crippen LogP contribution in [0.4, 0.5) is 5.69 Å². The van der Waals surface area contributed by atoms with E-state index in [1.54, 1.807) is 12.4 Å². The van der Waals surface area contributed by atoms with E-state index in [2.05, 4.69) is 17.2 Å². The molecule has 1 aliphatic rings. The summed E-state index contributed by atoms with van der Waals surface area (Å²) < 4.78 is 0. The molecule has 0 saturated carbocycles. The van der Waals surface area contributed by atoms with Crippen LogP contribution in [0.2, 0.25) is 5.02 Å². The van der Waals surface area contributed by atoms with Gasteiger partial charge in [-0.1, -0.05) is 36.7 Å². The van der Waals surface area contributed by atoms with Gasteiger partial charge in [0.25, 0.3) is 5.91 Å². The number of amides is 1. The van der Waals surface area contributed by atoms with Crippen LogP contribution in [0.3, 0.4) is 0 Å². The molecule has 0 aliphatic carbocycles. The molecule has 2 aromatic rings. The van der Waals surface area contributed by atoms with Gasteiger partial charge in [0, 0.05) is 36.5 Å². The number of pyridine rings is 1. The number of anilines is 1. The van der Waals surface area contributed by atoms with E-state index in [9.17, 15) is 4.79 Å². The molecule has 1 saturated heterocycles. The van der Waals surface area contributed by atoms with Crippen molar-refractivity contribution >= 4 is 23.2 Å². The van der Waals surface area contributed by atoms with Gasteiger partial charge in [-0.15, -0.1) is 0 Å². The highest BCUT2D eigenvalue weighted by Gasteiger charge is 2.26. The summed E-state index contributed by atoms with van der Waals surface area (Å²) in [7, 11) is 0. The van der Waals surface area contributed by atoms with Crippen LogP contribution >= 0.6 is 11.6 Å². The van der Waals surface area contributed by atoms with Gasteiger partial charge in [0.05, 0.1) is 11.3 Å². The summed E-state index contributed by atoms with van der Waals surface area (Å²) in [6.07, 6.45) is 7.79. The van der Waals surface area contributed by atoms with Crippen LogP contribution in [-0.2, 0) is 6.54 Å². The largest absolute Gasteiger partial charge is 0.380 e. The summed E-state index contributed by atoms with van der Waals surface area (Å²) in [6, 6.07) is 9.96. The molecular formula is C20H24ClN3O. The molecule has 1 unspecified atom stereocenters. The second-order valence-electron chi connectivity index (χ2n) is 6.46. The number of piperidine rings is 1.